The van der Waals surface area contributed by atoms with Crippen LogP contribution >= 0.6 is 11.6 Å². The molecular weight excluding hydrogens is 198 g/mol. The number of benzene rings is 1. The monoisotopic (exact) mass is 209 g/mol. The molecule has 0 amide bonds. The maximum atomic E-state index is 11.0. The van der Waals surface area contributed by atoms with Crippen molar-refractivity contribution in [2.75, 3.05) is 5.32 Å². The average Bonchev–Trinajstić information content (AvgIpc) is 2.47. The summed E-state index contributed by atoms with van der Waals surface area (Å²) in [6.07, 6.45) is 1.43. The molecule has 1 atom stereocenters. The first-order valence-electron chi connectivity index (χ1n) is 4.70. The zero-order chi connectivity index (χ0) is 10.1. The second-order valence-corrected chi connectivity index (χ2v) is 4.12. The van der Waals surface area contributed by atoms with Gasteiger partial charge in [0.05, 0.1) is 0 Å². The molecule has 74 valence electrons. The molecule has 14 heavy (non-hydrogen) atoms. The zero-order valence-corrected chi connectivity index (χ0v) is 8.77. The van der Waals surface area contributed by atoms with Crippen molar-refractivity contribution < 1.29 is 4.79 Å². The lowest BCUT2D eigenvalue weighted by atomic mass is 10.1. The molecule has 0 spiro atoms. The third-order valence-corrected chi connectivity index (χ3v) is 2.82. The van der Waals surface area contributed by atoms with Crippen LogP contribution < -0.4 is 5.32 Å². The van der Waals surface area contributed by atoms with Gasteiger partial charge in [-0.15, -0.1) is 0 Å². The summed E-state index contributed by atoms with van der Waals surface area (Å²) in [6, 6.07) is 6.03. The first-order valence-corrected chi connectivity index (χ1v) is 5.08. The predicted octanol–water partition coefficient (Wildman–Crippen LogP) is 2.66. The predicted molar refractivity (Wildman–Crippen MR) is 57.9 cm³/mol. The number of ketones is 1. The fourth-order valence-electron chi connectivity index (χ4n) is 1.89. The van der Waals surface area contributed by atoms with E-state index >= 15 is 0 Å². The van der Waals surface area contributed by atoms with Crippen molar-refractivity contribution in [1.82, 2.24) is 0 Å². The van der Waals surface area contributed by atoms with E-state index in [9.17, 15) is 4.79 Å². The Morgan fingerprint density at radius 1 is 1.64 bits per heavy atom. The average molecular weight is 210 g/mol. The van der Waals surface area contributed by atoms with Crippen molar-refractivity contribution in [3.05, 3.63) is 28.8 Å². The van der Waals surface area contributed by atoms with E-state index in [4.69, 9.17) is 11.6 Å². The van der Waals surface area contributed by atoms with Crippen LogP contribution in [-0.4, -0.2) is 11.8 Å². The van der Waals surface area contributed by atoms with E-state index in [0.717, 1.165) is 22.7 Å². The minimum Gasteiger partial charge on any atom is -0.381 e. The minimum atomic E-state index is 0.214. The van der Waals surface area contributed by atoms with Crippen molar-refractivity contribution in [2.45, 2.75) is 25.8 Å². The Morgan fingerprint density at radius 2 is 2.43 bits per heavy atom. The van der Waals surface area contributed by atoms with Crippen LogP contribution in [0.1, 0.15) is 18.9 Å². The quantitative estimate of drug-likeness (QED) is 0.812. The first kappa shape index (κ1) is 9.53. The lowest BCUT2D eigenvalue weighted by molar-refractivity contribution is -0.117. The summed E-state index contributed by atoms with van der Waals surface area (Å²) in [5.41, 5.74) is 2.21. The summed E-state index contributed by atoms with van der Waals surface area (Å²) in [5.74, 6) is 0.214. The summed E-state index contributed by atoms with van der Waals surface area (Å²) in [5, 5.41) is 4.09. The van der Waals surface area contributed by atoms with Crippen molar-refractivity contribution in [2.24, 2.45) is 0 Å². The standard InChI is InChI=1S/C11H12ClNO/c1-7(14)5-8-6-9-10(12)3-2-4-11(9)13-8/h2-4,8,13H,5-6H2,1H3. The van der Waals surface area contributed by atoms with Gasteiger partial charge in [-0.25, -0.2) is 0 Å². The second-order valence-electron chi connectivity index (χ2n) is 3.72. The molecular formula is C11H12ClNO. The summed E-state index contributed by atoms with van der Waals surface area (Å²) in [6.45, 7) is 1.62. The van der Waals surface area contributed by atoms with E-state index in [2.05, 4.69) is 5.32 Å². The van der Waals surface area contributed by atoms with Crippen molar-refractivity contribution >= 4 is 23.1 Å². The van der Waals surface area contributed by atoms with Crippen molar-refractivity contribution in [3.63, 3.8) is 0 Å². The second kappa shape index (κ2) is 3.62. The van der Waals surface area contributed by atoms with Crippen LogP contribution in [0.15, 0.2) is 18.2 Å². The molecule has 0 saturated carbocycles. The lowest BCUT2D eigenvalue weighted by Gasteiger charge is -2.07. The summed E-state index contributed by atoms with van der Waals surface area (Å²) in [4.78, 5) is 11.0. The van der Waals surface area contributed by atoms with Gasteiger partial charge in [0.15, 0.2) is 0 Å². The highest BCUT2D eigenvalue weighted by Gasteiger charge is 2.23. The van der Waals surface area contributed by atoms with Gasteiger partial charge in [0, 0.05) is 23.2 Å². The Hall–Kier alpha value is -1.02. The van der Waals surface area contributed by atoms with Crippen LogP contribution in [0.2, 0.25) is 5.02 Å². The third-order valence-electron chi connectivity index (χ3n) is 2.46. The van der Waals surface area contributed by atoms with Gasteiger partial charge in [0.1, 0.15) is 5.78 Å². The number of nitrogens with one attached hydrogen (secondary N) is 1. The first-order chi connectivity index (χ1) is 6.66. The van der Waals surface area contributed by atoms with Crippen LogP contribution in [-0.2, 0) is 11.2 Å². The molecule has 1 heterocycles. The van der Waals surface area contributed by atoms with E-state index in [1.807, 2.05) is 18.2 Å². The summed E-state index contributed by atoms with van der Waals surface area (Å²) < 4.78 is 0. The molecule has 0 bridgehead atoms. The van der Waals surface area contributed by atoms with E-state index in [1.54, 1.807) is 6.92 Å². The van der Waals surface area contributed by atoms with E-state index in [-0.39, 0.29) is 11.8 Å². The number of anilines is 1. The Morgan fingerprint density at radius 3 is 3.07 bits per heavy atom. The van der Waals surface area contributed by atoms with Crippen LogP contribution in [0.5, 0.6) is 0 Å². The Bertz CT molecular complexity index is 376. The number of Topliss-reactive ketones (excluding diaryl/α,β-unsaturated/α-hetero) is 1. The zero-order valence-electron chi connectivity index (χ0n) is 8.01. The molecule has 0 fully saturated rings. The topological polar surface area (TPSA) is 29.1 Å². The largest absolute Gasteiger partial charge is 0.381 e. The normalized spacial score (nSPS) is 18.9. The molecule has 3 heteroatoms. The van der Waals surface area contributed by atoms with Gasteiger partial charge in [0.25, 0.3) is 0 Å². The highest BCUT2D eigenvalue weighted by atomic mass is 35.5. The Labute approximate surface area is 88.3 Å². The van der Waals surface area contributed by atoms with Crippen LogP contribution in [0.3, 0.4) is 0 Å². The number of carbonyl (C=O) groups is 1. The van der Waals surface area contributed by atoms with Gasteiger partial charge in [0.2, 0.25) is 0 Å². The highest BCUT2D eigenvalue weighted by molar-refractivity contribution is 6.31. The fraction of sp³-hybridized carbons (Fsp3) is 0.364. The minimum absolute atomic E-state index is 0.214. The van der Waals surface area contributed by atoms with Gasteiger partial charge in [-0.05, 0) is 31.0 Å². The maximum Gasteiger partial charge on any atom is 0.131 e. The van der Waals surface area contributed by atoms with Crippen molar-refractivity contribution in [3.8, 4) is 0 Å². The fourth-order valence-corrected chi connectivity index (χ4v) is 2.14. The number of hydrogen-bond acceptors (Lipinski definition) is 2. The Kier molecular flexibility index (Phi) is 2.46. The molecule has 0 aliphatic carbocycles. The van der Waals surface area contributed by atoms with Crippen LogP contribution in [0, 0.1) is 0 Å². The van der Waals surface area contributed by atoms with Crippen molar-refractivity contribution in [1.29, 1.82) is 0 Å². The number of halogens is 1. The molecule has 0 saturated heterocycles. The Balaban J connectivity index is 2.18. The van der Waals surface area contributed by atoms with Crippen LogP contribution in [0.25, 0.3) is 0 Å². The molecule has 1 aliphatic rings. The van der Waals surface area contributed by atoms with Gasteiger partial charge in [-0.3, -0.25) is 4.79 Å². The smallest absolute Gasteiger partial charge is 0.131 e. The molecule has 1 aromatic rings. The molecule has 2 rings (SSSR count). The van der Waals surface area contributed by atoms with Gasteiger partial charge in [-0.1, -0.05) is 17.7 Å². The number of fused-ring (bicyclic) bond motifs is 1. The molecule has 1 unspecified atom stereocenters. The molecule has 0 aromatic heterocycles. The molecule has 1 aromatic carbocycles. The van der Waals surface area contributed by atoms with E-state index in [0.29, 0.717) is 6.42 Å². The third kappa shape index (κ3) is 1.75. The molecule has 2 nitrogen and oxygen atoms in total. The SMILES string of the molecule is CC(=O)CC1Cc2c(Cl)cccc2N1. The highest BCUT2D eigenvalue weighted by Crippen LogP contribution is 2.32. The summed E-state index contributed by atoms with van der Waals surface area (Å²) in [7, 11) is 0. The molecule has 1 aliphatic heterocycles. The van der Waals surface area contributed by atoms with Crippen LogP contribution in [0.4, 0.5) is 5.69 Å². The lowest BCUT2D eigenvalue weighted by Crippen LogP contribution is -2.18. The number of hydrogen-bond donors (Lipinski definition) is 1. The van der Waals surface area contributed by atoms with E-state index in [1.165, 1.54) is 0 Å². The van der Waals surface area contributed by atoms with Gasteiger partial charge in [-0.2, -0.15) is 0 Å². The van der Waals surface area contributed by atoms with E-state index < -0.39 is 0 Å². The number of rotatable bonds is 2. The maximum absolute atomic E-state index is 11.0. The van der Waals surface area contributed by atoms with Gasteiger partial charge >= 0.3 is 0 Å². The molecule has 0 radical (unpaired) electrons. The summed E-state index contributed by atoms with van der Waals surface area (Å²) >= 11 is 6.05. The molecule has 1 N–H and O–H groups in total. The number of carbonyl (C=O) groups excluding carboxylic acids is 1. The van der Waals surface area contributed by atoms with Gasteiger partial charge < -0.3 is 5.32 Å².